The third kappa shape index (κ3) is 2.98. The summed E-state index contributed by atoms with van der Waals surface area (Å²) in [5, 5.41) is 0. The van der Waals surface area contributed by atoms with Crippen LogP contribution in [0, 0.1) is 23.4 Å². The molecule has 0 N–H and O–H groups in total. The molecule has 3 aromatic rings. The van der Waals surface area contributed by atoms with Crippen molar-refractivity contribution in [1.29, 1.82) is 0 Å². The predicted molar refractivity (Wildman–Crippen MR) is 79.7 cm³/mol. The third-order valence-electron chi connectivity index (χ3n) is 3.34. The fourth-order valence-corrected chi connectivity index (χ4v) is 2.43. The molecule has 3 rings (SSSR count). The Balaban J connectivity index is 2.18. The molecule has 0 unspecified atom stereocenters. The molecular weight excluding hydrogens is 285 g/mol. The Hall–Kier alpha value is -2.68. The molecule has 0 radical (unpaired) electrons. The van der Waals surface area contributed by atoms with Gasteiger partial charge in [0.1, 0.15) is 17.5 Å². The number of halogens is 3. The molecule has 0 aliphatic carbocycles. The summed E-state index contributed by atoms with van der Waals surface area (Å²) in [5.74, 6) is -0.619. The van der Waals surface area contributed by atoms with Crippen molar-refractivity contribution in [2.75, 3.05) is 0 Å². The summed E-state index contributed by atoms with van der Waals surface area (Å²) in [6.45, 7) is 0. The lowest BCUT2D eigenvalue weighted by atomic mass is 9.85. The van der Waals surface area contributed by atoms with E-state index in [1.54, 1.807) is 36.4 Å². The highest BCUT2D eigenvalue weighted by Gasteiger charge is 2.24. The summed E-state index contributed by atoms with van der Waals surface area (Å²) in [5.41, 5.74) is 1.70. The van der Waals surface area contributed by atoms with Crippen LogP contribution in [0.5, 0.6) is 0 Å². The van der Waals surface area contributed by atoms with Gasteiger partial charge in [-0.05, 0) is 54.6 Å². The quantitative estimate of drug-likeness (QED) is 0.465. The summed E-state index contributed by atoms with van der Waals surface area (Å²) < 4.78 is 40.7. The molecule has 0 saturated heterocycles. The van der Waals surface area contributed by atoms with Crippen molar-refractivity contribution in [3.05, 3.63) is 113 Å². The molecule has 0 amide bonds. The zero-order valence-corrected chi connectivity index (χ0v) is 11.6. The SMILES string of the molecule is Fc1cccc([C+](c2cccc(F)c2)c2cccc(F)c2)c1. The molecule has 0 heterocycles. The second-order valence-corrected chi connectivity index (χ2v) is 4.91. The van der Waals surface area contributed by atoms with Crippen molar-refractivity contribution >= 4 is 0 Å². The minimum Gasteiger partial charge on any atom is -0.200 e. The summed E-state index contributed by atoms with van der Waals surface area (Å²) in [6, 6.07) is 17.9. The lowest BCUT2D eigenvalue weighted by Gasteiger charge is -2.13. The van der Waals surface area contributed by atoms with Gasteiger partial charge in [0.05, 0.1) is 22.6 Å². The molecule has 3 aromatic carbocycles. The van der Waals surface area contributed by atoms with Crippen LogP contribution in [0.25, 0.3) is 0 Å². The largest absolute Gasteiger partial charge is 0.200 e. The lowest BCUT2D eigenvalue weighted by molar-refractivity contribution is 0.624. The Kier molecular flexibility index (Phi) is 3.88. The van der Waals surface area contributed by atoms with E-state index in [0.717, 1.165) is 0 Å². The van der Waals surface area contributed by atoms with Gasteiger partial charge in [0.15, 0.2) is 0 Å². The Bertz CT molecular complexity index is 688. The highest BCUT2D eigenvalue weighted by Crippen LogP contribution is 2.31. The summed E-state index contributed by atoms with van der Waals surface area (Å²) in [7, 11) is 0. The zero-order valence-electron chi connectivity index (χ0n) is 11.6. The summed E-state index contributed by atoms with van der Waals surface area (Å²) in [6.07, 6.45) is 0. The molecule has 0 saturated carbocycles. The summed E-state index contributed by atoms with van der Waals surface area (Å²) >= 11 is 0. The maximum absolute atomic E-state index is 13.6. The smallest absolute Gasteiger partial charge is 0.147 e. The van der Waals surface area contributed by atoms with Gasteiger partial charge in [0.2, 0.25) is 0 Å². The van der Waals surface area contributed by atoms with Gasteiger partial charge in [0.25, 0.3) is 0 Å². The first kappa shape index (κ1) is 14.3. The lowest BCUT2D eigenvalue weighted by Crippen LogP contribution is -2.05. The van der Waals surface area contributed by atoms with Crippen LogP contribution in [-0.4, -0.2) is 0 Å². The second kappa shape index (κ2) is 5.98. The van der Waals surface area contributed by atoms with Crippen molar-refractivity contribution in [1.82, 2.24) is 0 Å². The van der Waals surface area contributed by atoms with Gasteiger partial charge in [-0.1, -0.05) is 0 Å². The Morgan fingerprint density at radius 1 is 0.500 bits per heavy atom. The van der Waals surface area contributed by atoms with E-state index in [4.69, 9.17) is 0 Å². The first-order chi connectivity index (χ1) is 10.6. The van der Waals surface area contributed by atoms with Crippen molar-refractivity contribution in [3.8, 4) is 0 Å². The fourth-order valence-electron chi connectivity index (χ4n) is 2.43. The van der Waals surface area contributed by atoms with Crippen molar-refractivity contribution in [2.24, 2.45) is 0 Å². The summed E-state index contributed by atoms with van der Waals surface area (Å²) in [4.78, 5) is 0. The zero-order chi connectivity index (χ0) is 15.5. The molecule has 22 heavy (non-hydrogen) atoms. The van der Waals surface area contributed by atoms with E-state index in [0.29, 0.717) is 22.6 Å². The number of hydrogen-bond donors (Lipinski definition) is 0. The van der Waals surface area contributed by atoms with E-state index >= 15 is 0 Å². The van der Waals surface area contributed by atoms with Crippen LogP contribution >= 0.6 is 0 Å². The van der Waals surface area contributed by atoms with Gasteiger partial charge in [-0.3, -0.25) is 0 Å². The van der Waals surface area contributed by atoms with Gasteiger partial charge in [-0.25, -0.2) is 13.2 Å². The molecule has 3 heteroatoms. The highest BCUT2D eigenvalue weighted by atomic mass is 19.1. The van der Waals surface area contributed by atoms with Crippen LogP contribution in [0.15, 0.2) is 72.8 Å². The number of benzene rings is 3. The first-order valence-corrected chi connectivity index (χ1v) is 6.78. The fraction of sp³-hybridized carbons (Fsp3) is 0. The van der Waals surface area contributed by atoms with Gasteiger partial charge >= 0.3 is 0 Å². The van der Waals surface area contributed by atoms with Crippen molar-refractivity contribution < 1.29 is 13.2 Å². The molecule has 0 aliphatic heterocycles. The standard InChI is InChI=1S/C19H12F3/c20-16-7-1-4-13(10-16)19(14-5-2-8-17(21)11-14)15-6-3-9-18(22)12-15/h1-12H/q+1. The third-order valence-corrected chi connectivity index (χ3v) is 3.34. The molecule has 0 bridgehead atoms. The van der Waals surface area contributed by atoms with E-state index in [1.165, 1.54) is 36.4 Å². The molecule has 0 atom stereocenters. The molecule has 0 fully saturated rings. The number of hydrogen-bond acceptors (Lipinski definition) is 0. The topological polar surface area (TPSA) is 0 Å². The maximum Gasteiger partial charge on any atom is 0.147 e. The van der Waals surface area contributed by atoms with E-state index in [1.807, 2.05) is 0 Å². The van der Waals surface area contributed by atoms with Gasteiger partial charge in [-0.15, -0.1) is 0 Å². The van der Waals surface area contributed by atoms with Crippen LogP contribution < -0.4 is 0 Å². The molecule has 0 spiro atoms. The average Bonchev–Trinajstić information content (AvgIpc) is 2.48. The van der Waals surface area contributed by atoms with Crippen molar-refractivity contribution in [2.45, 2.75) is 0 Å². The van der Waals surface area contributed by atoms with Gasteiger partial charge in [-0.2, -0.15) is 0 Å². The van der Waals surface area contributed by atoms with Gasteiger partial charge < -0.3 is 0 Å². The van der Waals surface area contributed by atoms with Crippen LogP contribution in [0.1, 0.15) is 16.7 Å². The van der Waals surface area contributed by atoms with Crippen LogP contribution in [0.3, 0.4) is 0 Å². The van der Waals surface area contributed by atoms with Crippen LogP contribution in [-0.2, 0) is 0 Å². The van der Waals surface area contributed by atoms with E-state index in [-0.39, 0.29) is 0 Å². The number of rotatable bonds is 3. The normalized spacial score (nSPS) is 10.5. The first-order valence-electron chi connectivity index (χ1n) is 6.78. The molecule has 0 nitrogen and oxygen atoms in total. The van der Waals surface area contributed by atoms with Gasteiger partial charge in [0, 0.05) is 18.2 Å². The molecule has 0 aliphatic rings. The van der Waals surface area contributed by atoms with E-state index < -0.39 is 17.5 Å². The van der Waals surface area contributed by atoms with E-state index in [2.05, 4.69) is 0 Å². The average molecular weight is 297 g/mol. The Morgan fingerprint density at radius 3 is 1.09 bits per heavy atom. The van der Waals surface area contributed by atoms with Crippen molar-refractivity contribution in [3.63, 3.8) is 0 Å². The highest BCUT2D eigenvalue weighted by molar-refractivity contribution is 5.57. The van der Waals surface area contributed by atoms with E-state index in [9.17, 15) is 13.2 Å². The Morgan fingerprint density at radius 2 is 0.818 bits per heavy atom. The predicted octanol–water partition coefficient (Wildman–Crippen LogP) is 5.12. The van der Waals surface area contributed by atoms with Crippen LogP contribution in [0.4, 0.5) is 13.2 Å². The molecular formula is C19H12F3+. The molecule has 0 aromatic heterocycles. The Labute approximate surface area is 126 Å². The molecule has 108 valence electrons. The maximum atomic E-state index is 13.6. The monoisotopic (exact) mass is 297 g/mol. The second-order valence-electron chi connectivity index (χ2n) is 4.91. The van der Waals surface area contributed by atoms with Crippen LogP contribution in [0.2, 0.25) is 0 Å². The minimum absolute atomic E-state index is 0.400. The minimum atomic E-state index is -0.400.